The van der Waals surface area contributed by atoms with E-state index >= 15 is 0 Å². The zero-order valence-electron chi connectivity index (χ0n) is 9.96. The number of hydroxylamine groups is 2. The van der Waals surface area contributed by atoms with Crippen LogP contribution >= 0.6 is 0 Å². The molecule has 0 aromatic carbocycles. The number of carboxylic acids is 1. The normalized spacial score (nSPS) is 27.7. The molecule has 0 saturated carbocycles. The van der Waals surface area contributed by atoms with Gasteiger partial charge in [0.1, 0.15) is 6.04 Å². The number of nitrogens with zero attached hydrogens (tertiary/aromatic N) is 2. The van der Waals surface area contributed by atoms with Gasteiger partial charge in [-0.3, -0.25) is 4.84 Å². The molecule has 6 nitrogen and oxygen atoms in total. The lowest BCUT2D eigenvalue weighted by atomic mass is 10.0. The molecule has 0 aromatic rings. The standard InChI is InChI=1S/C11H18N2O4/c1-2-3-6-17-13-8-4-5-9(10(14)15)12(7-8)11(13)16/h8-9H,2-7H2,1H3,(H,14,15)/t8-,9-/m0/s1. The predicted molar refractivity (Wildman–Crippen MR) is 59.2 cm³/mol. The van der Waals surface area contributed by atoms with Crippen molar-refractivity contribution in [3.05, 3.63) is 0 Å². The Labute approximate surface area is 100 Å². The van der Waals surface area contributed by atoms with E-state index in [4.69, 9.17) is 9.94 Å². The van der Waals surface area contributed by atoms with Gasteiger partial charge in [-0.15, -0.1) is 0 Å². The summed E-state index contributed by atoms with van der Waals surface area (Å²) in [5, 5.41) is 10.4. The molecule has 1 N–H and O–H groups in total. The van der Waals surface area contributed by atoms with E-state index in [1.54, 1.807) is 0 Å². The van der Waals surface area contributed by atoms with Gasteiger partial charge in [0, 0.05) is 6.54 Å². The summed E-state index contributed by atoms with van der Waals surface area (Å²) in [7, 11) is 0. The number of carbonyl (C=O) groups is 2. The Morgan fingerprint density at radius 1 is 1.53 bits per heavy atom. The maximum absolute atomic E-state index is 12.0. The molecule has 2 amide bonds. The summed E-state index contributed by atoms with van der Waals surface area (Å²) in [6.45, 7) is 3.05. The van der Waals surface area contributed by atoms with Gasteiger partial charge >= 0.3 is 12.0 Å². The van der Waals surface area contributed by atoms with Crippen molar-refractivity contribution in [1.82, 2.24) is 9.96 Å². The molecule has 0 aliphatic carbocycles. The average Bonchev–Trinajstić information content (AvgIpc) is 2.54. The van der Waals surface area contributed by atoms with Crippen LogP contribution in [0.15, 0.2) is 0 Å². The highest BCUT2D eigenvalue weighted by Gasteiger charge is 2.47. The Bertz CT molecular complexity index is 321. The van der Waals surface area contributed by atoms with Gasteiger partial charge in [0.2, 0.25) is 0 Å². The number of carbonyl (C=O) groups excluding carboxylic acids is 1. The summed E-state index contributed by atoms with van der Waals surface area (Å²) in [6, 6.07) is -0.954. The van der Waals surface area contributed by atoms with Crippen LogP contribution < -0.4 is 0 Å². The molecule has 2 atom stereocenters. The van der Waals surface area contributed by atoms with E-state index in [-0.39, 0.29) is 12.1 Å². The fourth-order valence-corrected chi connectivity index (χ4v) is 2.36. The monoisotopic (exact) mass is 242 g/mol. The summed E-state index contributed by atoms with van der Waals surface area (Å²) < 4.78 is 0. The molecule has 2 aliphatic heterocycles. The molecule has 2 fully saturated rings. The van der Waals surface area contributed by atoms with E-state index in [0.717, 1.165) is 12.8 Å². The predicted octanol–water partition coefficient (Wildman–Crippen LogP) is 1.07. The lowest BCUT2D eigenvalue weighted by molar-refractivity contribution is -0.142. The highest BCUT2D eigenvalue weighted by atomic mass is 16.7. The van der Waals surface area contributed by atoms with Gasteiger partial charge < -0.3 is 10.0 Å². The molecule has 2 aliphatic rings. The van der Waals surface area contributed by atoms with Crippen LogP contribution in [0.5, 0.6) is 0 Å². The van der Waals surface area contributed by atoms with Crippen molar-refractivity contribution in [3.63, 3.8) is 0 Å². The molecule has 0 spiro atoms. The fourth-order valence-electron chi connectivity index (χ4n) is 2.36. The van der Waals surface area contributed by atoms with Crippen LogP contribution in [0.2, 0.25) is 0 Å². The van der Waals surface area contributed by atoms with Crippen LogP contribution in [-0.2, 0) is 9.63 Å². The van der Waals surface area contributed by atoms with Crippen LogP contribution in [0.1, 0.15) is 32.6 Å². The molecular weight excluding hydrogens is 224 g/mol. The molecule has 6 heteroatoms. The molecule has 96 valence electrons. The topological polar surface area (TPSA) is 70.1 Å². The lowest BCUT2D eigenvalue weighted by Crippen LogP contribution is -2.44. The molecule has 0 radical (unpaired) electrons. The minimum atomic E-state index is -0.924. The molecule has 17 heavy (non-hydrogen) atoms. The maximum atomic E-state index is 12.0. The molecular formula is C11H18N2O4. The van der Waals surface area contributed by atoms with Crippen LogP contribution in [0, 0.1) is 0 Å². The Morgan fingerprint density at radius 2 is 2.29 bits per heavy atom. The Hall–Kier alpha value is -1.30. The first-order valence-corrected chi connectivity index (χ1v) is 6.10. The number of piperidine rings is 1. The maximum Gasteiger partial charge on any atom is 0.345 e. The highest BCUT2D eigenvalue weighted by Crippen LogP contribution is 2.30. The SMILES string of the molecule is CCCCON1C(=O)N2C[C@@H]1CC[C@H]2C(=O)O. The summed E-state index contributed by atoms with van der Waals surface area (Å²) in [5.41, 5.74) is 0. The summed E-state index contributed by atoms with van der Waals surface area (Å²) in [6.07, 6.45) is 3.12. The number of unbranched alkanes of at least 4 members (excludes halogenated alkanes) is 1. The molecule has 2 saturated heterocycles. The van der Waals surface area contributed by atoms with E-state index in [9.17, 15) is 9.59 Å². The van der Waals surface area contributed by atoms with E-state index in [0.29, 0.717) is 26.0 Å². The third-order valence-corrected chi connectivity index (χ3v) is 3.34. The van der Waals surface area contributed by atoms with Gasteiger partial charge in [-0.25, -0.2) is 9.59 Å². The van der Waals surface area contributed by atoms with E-state index in [2.05, 4.69) is 6.92 Å². The van der Waals surface area contributed by atoms with Gasteiger partial charge in [-0.05, 0) is 19.3 Å². The van der Waals surface area contributed by atoms with Crippen molar-refractivity contribution in [2.24, 2.45) is 0 Å². The molecule has 0 aromatic heterocycles. The number of rotatable bonds is 5. The minimum absolute atomic E-state index is 0.0231. The van der Waals surface area contributed by atoms with Gasteiger partial charge in [-0.2, -0.15) is 5.06 Å². The second kappa shape index (κ2) is 4.91. The third-order valence-electron chi connectivity index (χ3n) is 3.34. The van der Waals surface area contributed by atoms with Crippen molar-refractivity contribution in [2.45, 2.75) is 44.7 Å². The molecule has 2 bridgehead atoms. The van der Waals surface area contributed by atoms with Crippen molar-refractivity contribution in [1.29, 1.82) is 0 Å². The number of carboxylic acid groups (broad SMARTS) is 1. The fraction of sp³-hybridized carbons (Fsp3) is 0.818. The van der Waals surface area contributed by atoms with Gasteiger partial charge in [0.05, 0.1) is 12.6 Å². The number of hydrogen-bond donors (Lipinski definition) is 1. The lowest BCUT2D eigenvalue weighted by Gasteiger charge is -2.26. The Balaban J connectivity index is 1.99. The number of aliphatic carboxylic acids is 1. The summed E-state index contributed by atoms with van der Waals surface area (Å²) in [5.74, 6) is -0.924. The smallest absolute Gasteiger partial charge is 0.345 e. The van der Waals surface area contributed by atoms with Gasteiger partial charge in [0.25, 0.3) is 0 Å². The third kappa shape index (κ3) is 2.22. The van der Waals surface area contributed by atoms with E-state index in [1.165, 1.54) is 9.96 Å². The zero-order chi connectivity index (χ0) is 12.4. The molecule has 0 unspecified atom stereocenters. The first kappa shape index (κ1) is 12.2. The first-order valence-electron chi connectivity index (χ1n) is 6.10. The van der Waals surface area contributed by atoms with Crippen molar-refractivity contribution >= 4 is 12.0 Å². The molecule has 2 heterocycles. The van der Waals surface area contributed by atoms with Crippen molar-refractivity contribution in [3.8, 4) is 0 Å². The minimum Gasteiger partial charge on any atom is -0.480 e. The second-order valence-corrected chi connectivity index (χ2v) is 4.53. The summed E-state index contributed by atoms with van der Waals surface area (Å²) in [4.78, 5) is 29.8. The number of urea groups is 1. The second-order valence-electron chi connectivity index (χ2n) is 4.53. The van der Waals surface area contributed by atoms with Crippen molar-refractivity contribution < 1.29 is 19.5 Å². The van der Waals surface area contributed by atoms with E-state index < -0.39 is 12.0 Å². The first-order chi connectivity index (χ1) is 8.15. The van der Waals surface area contributed by atoms with Crippen LogP contribution in [0.4, 0.5) is 4.79 Å². The zero-order valence-corrected chi connectivity index (χ0v) is 9.96. The molecule has 2 rings (SSSR count). The van der Waals surface area contributed by atoms with Crippen LogP contribution in [-0.4, -0.2) is 52.3 Å². The van der Waals surface area contributed by atoms with E-state index in [1.807, 2.05) is 0 Å². The van der Waals surface area contributed by atoms with Gasteiger partial charge in [-0.1, -0.05) is 13.3 Å². The largest absolute Gasteiger partial charge is 0.480 e. The average molecular weight is 242 g/mol. The number of hydrogen-bond acceptors (Lipinski definition) is 3. The van der Waals surface area contributed by atoms with Crippen LogP contribution in [0.25, 0.3) is 0 Å². The van der Waals surface area contributed by atoms with Crippen LogP contribution in [0.3, 0.4) is 0 Å². The van der Waals surface area contributed by atoms with Gasteiger partial charge in [0.15, 0.2) is 0 Å². The quantitative estimate of drug-likeness (QED) is 0.732. The Kier molecular flexibility index (Phi) is 3.51. The Morgan fingerprint density at radius 3 is 2.94 bits per heavy atom. The summed E-state index contributed by atoms with van der Waals surface area (Å²) >= 11 is 0. The number of amides is 2. The van der Waals surface area contributed by atoms with Crippen molar-refractivity contribution in [2.75, 3.05) is 13.2 Å². The number of fused-ring (bicyclic) bond motifs is 2. The highest BCUT2D eigenvalue weighted by molar-refractivity contribution is 5.84.